The van der Waals surface area contributed by atoms with Crippen molar-refractivity contribution in [2.24, 2.45) is 0 Å². The summed E-state index contributed by atoms with van der Waals surface area (Å²) in [6, 6.07) is 5.15. The maximum Gasteiger partial charge on any atom is 0.252 e. The van der Waals surface area contributed by atoms with Gasteiger partial charge in [-0.3, -0.25) is 4.79 Å². The molecule has 98 valence electrons. The third-order valence-electron chi connectivity index (χ3n) is 2.44. The van der Waals surface area contributed by atoms with Crippen molar-refractivity contribution < 1.29 is 4.79 Å². The minimum Gasteiger partial charge on any atom is -0.399 e. The minimum absolute atomic E-state index is 0.158. The van der Waals surface area contributed by atoms with Crippen LogP contribution in [0.2, 0.25) is 0 Å². The van der Waals surface area contributed by atoms with Gasteiger partial charge in [-0.05, 0) is 42.4 Å². The van der Waals surface area contributed by atoms with Gasteiger partial charge in [0.2, 0.25) is 0 Å². The molecule has 0 radical (unpaired) electrons. The SMILES string of the molecule is CNC(=O)c1ccc(N)cc1Sc1ncc(C)cn1. The predicted molar refractivity (Wildman–Crippen MR) is 75.1 cm³/mol. The number of aryl methyl sites for hydroxylation is 1. The number of nitrogens with zero attached hydrogens (tertiary/aromatic N) is 2. The number of rotatable bonds is 3. The Morgan fingerprint density at radius 1 is 1.32 bits per heavy atom. The summed E-state index contributed by atoms with van der Waals surface area (Å²) in [5.74, 6) is -0.158. The fraction of sp³-hybridized carbons (Fsp3) is 0.154. The van der Waals surface area contributed by atoms with Gasteiger partial charge in [-0.2, -0.15) is 0 Å². The lowest BCUT2D eigenvalue weighted by molar-refractivity contribution is 0.0960. The van der Waals surface area contributed by atoms with Crippen molar-refractivity contribution in [1.82, 2.24) is 15.3 Å². The highest BCUT2D eigenvalue weighted by Crippen LogP contribution is 2.29. The van der Waals surface area contributed by atoms with Crippen molar-refractivity contribution in [2.45, 2.75) is 17.0 Å². The van der Waals surface area contributed by atoms with E-state index in [9.17, 15) is 4.79 Å². The Bertz CT molecular complexity index is 598. The molecular formula is C13H14N4OS. The van der Waals surface area contributed by atoms with Gasteiger partial charge in [-0.1, -0.05) is 0 Å². The molecule has 0 aliphatic carbocycles. The average Bonchev–Trinajstić information content (AvgIpc) is 2.41. The molecule has 0 atom stereocenters. The van der Waals surface area contributed by atoms with Crippen LogP contribution in [-0.4, -0.2) is 22.9 Å². The van der Waals surface area contributed by atoms with Crippen molar-refractivity contribution in [3.05, 3.63) is 41.7 Å². The van der Waals surface area contributed by atoms with Crippen molar-refractivity contribution in [1.29, 1.82) is 0 Å². The van der Waals surface area contributed by atoms with E-state index in [2.05, 4.69) is 15.3 Å². The maximum atomic E-state index is 11.8. The minimum atomic E-state index is -0.158. The number of nitrogen functional groups attached to an aromatic ring is 1. The number of carbonyl (C=O) groups is 1. The van der Waals surface area contributed by atoms with Crippen molar-refractivity contribution >= 4 is 23.4 Å². The highest BCUT2D eigenvalue weighted by atomic mass is 32.2. The molecule has 0 aliphatic heterocycles. The van der Waals surface area contributed by atoms with Crippen LogP contribution in [-0.2, 0) is 0 Å². The van der Waals surface area contributed by atoms with E-state index in [1.54, 1.807) is 37.6 Å². The second-order valence-corrected chi connectivity index (χ2v) is 4.99. The fourth-order valence-electron chi connectivity index (χ4n) is 1.48. The number of aromatic nitrogens is 2. The quantitative estimate of drug-likeness (QED) is 0.659. The van der Waals surface area contributed by atoms with E-state index in [1.165, 1.54) is 11.8 Å². The highest BCUT2D eigenvalue weighted by Gasteiger charge is 2.12. The van der Waals surface area contributed by atoms with Crippen LogP contribution in [0.15, 0.2) is 40.6 Å². The smallest absolute Gasteiger partial charge is 0.252 e. The largest absolute Gasteiger partial charge is 0.399 e. The van der Waals surface area contributed by atoms with Gasteiger partial charge in [0.15, 0.2) is 5.16 Å². The van der Waals surface area contributed by atoms with E-state index >= 15 is 0 Å². The third kappa shape index (κ3) is 3.23. The Balaban J connectivity index is 2.35. The molecule has 0 bridgehead atoms. The highest BCUT2D eigenvalue weighted by molar-refractivity contribution is 7.99. The molecule has 0 aliphatic rings. The number of anilines is 1. The van der Waals surface area contributed by atoms with Gasteiger partial charge >= 0.3 is 0 Å². The number of nitrogens with one attached hydrogen (secondary N) is 1. The predicted octanol–water partition coefficient (Wildman–Crippen LogP) is 1.88. The molecule has 0 fully saturated rings. The lowest BCUT2D eigenvalue weighted by Crippen LogP contribution is -2.18. The molecule has 1 amide bonds. The standard InChI is InChI=1S/C13H14N4OS/c1-8-6-16-13(17-7-8)19-11-5-9(14)3-4-10(11)12(18)15-2/h3-7H,14H2,1-2H3,(H,15,18). The molecule has 1 aromatic heterocycles. The topological polar surface area (TPSA) is 80.9 Å². The average molecular weight is 274 g/mol. The van der Waals surface area contributed by atoms with Crippen LogP contribution in [0.3, 0.4) is 0 Å². The number of nitrogens with two attached hydrogens (primary N) is 1. The molecule has 6 heteroatoms. The molecule has 1 heterocycles. The summed E-state index contributed by atoms with van der Waals surface area (Å²) >= 11 is 1.32. The van der Waals surface area contributed by atoms with Gasteiger partial charge in [-0.25, -0.2) is 9.97 Å². The van der Waals surface area contributed by atoms with E-state index in [-0.39, 0.29) is 5.91 Å². The summed E-state index contributed by atoms with van der Waals surface area (Å²) in [6.45, 7) is 1.92. The van der Waals surface area contributed by atoms with E-state index in [1.807, 2.05) is 6.92 Å². The first kappa shape index (κ1) is 13.4. The van der Waals surface area contributed by atoms with Gasteiger partial charge < -0.3 is 11.1 Å². The number of hydrogen-bond acceptors (Lipinski definition) is 5. The van der Waals surface area contributed by atoms with Crippen molar-refractivity contribution in [3.63, 3.8) is 0 Å². The lowest BCUT2D eigenvalue weighted by atomic mass is 10.2. The van der Waals surface area contributed by atoms with E-state index in [0.29, 0.717) is 16.4 Å². The monoisotopic (exact) mass is 274 g/mol. The van der Waals surface area contributed by atoms with Crippen LogP contribution < -0.4 is 11.1 Å². The number of amides is 1. The van der Waals surface area contributed by atoms with Crippen LogP contribution in [0.5, 0.6) is 0 Å². The Labute approximate surface area is 115 Å². The van der Waals surface area contributed by atoms with Crippen LogP contribution >= 0.6 is 11.8 Å². The normalized spacial score (nSPS) is 10.2. The van der Waals surface area contributed by atoms with E-state index in [0.717, 1.165) is 10.5 Å². The van der Waals surface area contributed by atoms with Gasteiger partial charge in [0.05, 0.1) is 5.56 Å². The molecule has 0 spiro atoms. The first-order valence-electron chi connectivity index (χ1n) is 5.68. The summed E-state index contributed by atoms with van der Waals surface area (Å²) in [6.07, 6.45) is 3.47. The zero-order valence-electron chi connectivity index (χ0n) is 10.7. The molecule has 2 rings (SSSR count). The fourth-order valence-corrected chi connectivity index (χ4v) is 2.35. The zero-order chi connectivity index (χ0) is 13.8. The third-order valence-corrected chi connectivity index (χ3v) is 3.39. The Morgan fingerprint density at radius 2 is 2.00 bits per heavy atom. The van der Waals surface area contributed by atoms with Crippen molar-refractivity contribution in [3.8, 4) is 0 Å². The summed E-state index contributed by atoms with van der Waals surface area (Å²) in [5, 5.41) is 3.19. The molecule has 0 unspecified atom stereocenters. The molecule has 2 aromatic rings. The first-order chi connectivity index (χ1) is 9.10. The van der Waals surface area contributed by atoms with Crippen LogP contribution in [0.25, 0.3) is 0 Å². The molecule has 5 nitrogen and oxygen atoms in total. The molecule has 0 saturated heterocycles. The van der Waals surface area contributed by atoms with Crippen LogP contribution in [0.4, 0.5) is 5.69 Å². The van der Waals surface area contributed by atoms with Crippen LogP contribution in [0.1, 0.15) is 15.9 Å². The van der Waals surface area contributed by atoms with Gasteiger partial charge in [0.1, 0.15) is 0 Å². The maximum absolute atomic E-state index is 11.8. The molecule has 19 heavy (non-hydrogen) atoms. The Morgan fingerprint density at radius 3 is 2.63 bits per heavy atom. The first-order valence-corrected chi connectivity index (χ1v) is 6.50. The van der Waals surface area contributed by atoms with E-state index in [4.69, 9.17) is 5.73 Å². The van der Waals surface area contributed by atoms with Crippen molar-refractivity contribution in [2.75, 3.05) is 12.8 Å². The molecular weight excluding hydrogens is 260 g/mol. The second kappa shape index (κ2) is 5.71. The lowest BCUT2D eigenvalue weighted by Gasteiger charge is -2.08. The number of hydrogen-bond donors (Lipinski definition) is 2. The number of carbonyl (C=O) groups excluding carboxylic acids is 1. The summed E-state index contributed by atoms with van der Waals surface area (Å²) in [4.78, 5) is 20.9. The zero-order valence-corrected chi connectivity index (χ0v) is 11.5. The summed E-state index contributed by atoms with van der Waals surface area (Å²) < 4.78 is 0. The van der Waals surface area contributed by atoms with Gasteiger partial charge in [-0.15, -0.1) is 0 Å². The Hall–Kier alpha value is -2.08. The van der Waals surface area contributed by atoms with E-state index < -0.39 is 0 Å². The van der Waals surface area contributed by atoms with Gasteiger partial charge in [0.25, 0.3) is 5.91 Å². The summed E-state index contributed by atoms with van der Waals surface area (Å²) in [7, 11) is 1.59. The summed E-state index contributed by atoms with van der Waals surface area (Å²) in [5.41, 5.74) is 7.91. The second-order valence-electron chi connectivity index (χ2n) is 3.98. The molecule has 3 N–H and O–H groups in total. The Kier molecular flexibility index (Phi) is 4.01. The number of benzene rings is 1. The molecule has 1 aromatic carbocycles. The molecule has 0 saturated carbocycles. The van der Waals surface area contributed by atoms with Crippen LogP contribution in [0, 0.1) is 6.92 Å². The van der Waals surface area contributed by atoms with Gasteiger partial charge in [0, 0.05) is 30.0 Å².